The highest BCUT2D eigenvalue weighted by atomic mass is 35.5. The van der Waals surface area contributed by atoms with Crippen molar-refractivity contribution in [2.24, 2.45) is 0 Å². The lowest BCUT2D eigenvalue weighted by atomic mass is 10.1. The van der Waals surface area contributed by atoms with E-state index in [1.165, 1.54) is 12.1 Å². The Labute approximate surface area is 163 Å². The van der Waals surface area contributed by atoms with Crippen LogP contribution in [0.15, 0.2) is 54.6 Å². The molecule has 2 amide bonds. The number of carbonyl (C=O) groups excluding carboxylic acids is 3. The molecule has 0 aliphatic heterocycles. The van der Waals surface area contributed by atoms with Gasteiger partial charge in [0.25, 0.3) is 5.91 Å². The number of ketones is 1. The Morgan fingerprint density at radius 2 is 1.56 bits per heavy atom. The van der Waals surface area contributed by atoms with Gasteiger partial charge in [0, 0.05) is 21.7 Å². The molecule has 2 rings (SSSR count). The van der Waals surface area contributed by atoms with Gasteiger partial charge in [0.05, 0.1) is 0 Å². The Hall–Kier alpha value is -2.70. The van der Waals surface area contributed by atoms with Gasteiger partial charge in [-0.1, -0.05) is 41.9 Å². The minimum absolute atomic E-state index is 0.238. The van der Waals surface area contributed by atoms with E-state index in [1.807, 2.05) is 0 Å². The van der Waals surface area contributed by atoms with E-state index in [1.54, 1.807) is 63.2 Å². The summed E-state index contributed by atoms with van der Waals surface area (Å²) in [7, 11) is 0. The maximum Gasteiger partial charge on any atom is 0.432 e. The van der Waals surface area contributed by atoms with Gasteiger partial charge in [-0.2, -0.15) is 5.01 Å². The van der Waals surface area contributed by atoms with Gasteiger partial charge in [-0.15, -0.1) is 0 Å². The van der Waals surface area contributed by atoms with Crippen LogP contribution in [0.25, 0.3) is 0 Å². The number of benzene rings is 2. The van der Waals surface area contributed by atoms with Crippen LogP contribution in [0, 0.1) is 6.61 Å². The SMILES string of the molecule is CC(C)(C)NN(C(=O)O[CH]C(=O)c1ccccc1)C(=O)c1ccc(Cl)cc1. The number of hydrazine groups is 1. The second-order valence-electron chi connectivity index (χ2n) is 6.74. The highest BCUT2D eigenvalue weighted by Gasteiger charge is 2.29. The Balaban J connectivity index is 2.12. The topological polar surface area (TPSA) is 75.7 Å². The summed E-state index contributed by atoms with van der Waals surface area (Å²) in [5.41, 5.74) is 2.77. The van der Waals surface area contributed by atoms with E-state index < -0.39 is 23.3 Å². The summed E-state index contributed by atoms with van der Waals surface area (Å²) in [4.78, 5) is 37.2. The van der Waals surface area contributed by atoms with Gasteiger partial charge in [0.1, 0.15) is 0 Å². The average molecular weight is 388 g/mol. The fourth-order valence-corrected chi connectivity index (χ4v) is 2.19. The van der Waals surface area contributed by atoms with Crippen molar-refractivity contribution in [3.05, 3.63) is 77.4 Å². The number of rotatable bonds is 5. The number of nitrogens with one attached hydrogen (secondary N) is 1. The van der Waals surface area contributed by atoms with E-state index in [0.29, 0.717) is 10.6 Å². The van der Waals surface area contributed by atoms with Gasteiger partial charge in [0.2, 0.25) is 12.4 Å². The number of ether oxygens (including phenoxy) is 1. The predicted molar refractivity (Wildman–Crippen MR) is 102 cm³/mol. The van der Waals surface area contributed by atoms with Crippen molar-refractivity contribution in [1.82, 2.24) is 10.4 Å². The number of amides is 2. The summed E-state index contributed by atoms with van der Waals surface area (Å²) in [6.45, 7) is 6.12. The van der Waals surface area contributed by atoms with Crippen LogP contribution in [0.1, 0.15) is 41.5 Å². The van der Waals surface area contributed by atoms with Gasteiger partial charge in [0.15, 0.2) is 0 Å². The third kappa shape index (κ3) is 6.20. The van der Waals surface area contributed by atoms with Crippen molar-refractivity contribution < 1.29 is 19.1 Å². The highest BCUT2D eigenvalue weighted by molar-refractivity contribution is 6.30. The largest absolute Gasteiger partial charge is 0.432 e. The third-order valence-electron chi connectivity index (χ3n) is 3.25. The third-order valence-corrected chi connectivity index (χ3v) is 3.50. The number of Topliss-reactive ketones (excluding diaryl/α,β-unsaturated/α-hetero) is 1. The number of carbonyl (C=O) groups is 3. The lowest BCUT2D eigenvalue weighted by Crippen LogP contribution is -2.54. The minimum Gasteiger partial charge on any atom is -0.432 e. The van der Waals surface area contributed by atoms with Crippen LogP contribution in [0.5, 0.6) is 0 Å². The summed E-state index contributed by atoms with van der Waals surface area (Å²) in [5.74, 6) is -1.12. The van der Waals surface area contributed by atoms with Crippen molar-refractivity contribution in [2.75, 3.05) is 0 Å². The van der Waals surface area contributed by atoms with E-state index in [9.17, 15) is 14.4 Å². The standard InChI is InChI=1S/C20H20ClN2O4/c1-20(2,3)22-23(18(25)15-9-11-16(21)12-10-15)19(26)27-13-17(24)14-7-5-4-6-8-14/h4-13,22H,1-3H3. The minimum atomic E-state index is -1.02. The van der Waals surface area contributed by atoms with Gasteiger partial charge < -0.3 is 4.74 Å². The van der Waals surface area contributed by atoms with Gasteiger partial charge in [-0.3, -0.25) is 9.59 Å². The molecule has 0 unspecified atom stereocenters. The molecule has 0 atom stereocenters. The molecule has 0 saturated carbocycles. The van der Waals surface area contributed by atoms with Crippen LogP contribution in [0.4, 0.5) is 4.79 Å². The second-order valence-corrected chi connectivity index (χ2v) is 7.18. The molecule has 2 aromatic carbocycles. The van der Waals surface area contributed by atoms with Gasteiger partial charge in [-0.25, -0.2) is 10.2 Å². The molecule has 0 aliphatic rings. The molecular formula is C20H20ClN2O4. The molecule has 0 spiro atoms. The van der Waals surface area contributed by atoms with E-state index in [2.05, 4.69) is 5.43 Å². The van der Waals surface area contributed by atoms with Crippen LogP contribution in [-0.2, 0) is 4.74 Å². The molecule has 1 N–H and O–H groups in total. The van der Waals surface area contributed by atoms with Gasteiger partial charge >= 0.3 is 6.09 Å². The van der Waals surface area contributed by atoms with Crippen molar-refractivity contribution in [2.45, 2.75) is 26.3 Å². The van der Waals surface area contributed by atoms with Crippen molar-refractivity contribution in [3.63, 3.8) is 0 Å². The molecule has 0 fully saturated rings. The predicted octanol–water partition coefficient (Wildman–Crippen LogP) is 4.27. The smallest absolute Gasteiger partial charge is 0.432 e. The Bertz CT molecular complexity index is 814. The molecule has 2 aromatic rings. The number of halogens is 1. The maximum atomic E-state index is 12.7. The number of hydrogen-bond donors (Lipinski definition) is 1. The molecule has 6 nitrogen and oxygen atoms in total. The van der Waals surface area contributed by atoms with Crippen LogP contribution >= 0.6 is 11.6 Å². The van der Waals surface area contributed by atoms with Crippen LogP contribution in [0.3, 0.4) is 0 Å². The fourth-order valence-electron chi connectivity index (χ4n) is 2.06. The summed E-state index contributed by atoms with van der Waals surface area (Å²) >= 11 is 5.83. The van der Waals surface area contributed by atoms with E-state index in [-0.39, 0.29) is 5.56 Å². The van der Waals surface area contributed by atoms with Crippen LogP contribution in [0.2, 0.25) is 5.02 Å². The quantitative estimate of drug-likeness (QED) is 0.612. The average Bonchev–Trinajstić information content (AvgIpc) is 2.64. The summed E-state index contributed by atoms with van der Waals surface area (Å²) in [5, 5.41) is 1.20. The first-order chi connectivity index (χ1) is 12.7. The molecule has 141 valence electrons. The van der Waals surface area contributed by atoms with E-state index in [0.717, 1.165) is 11.6 Å². The maximum absolute atomic E-state index is 12.7. The Kier molecular flexibility index (Phi) is 6.71. The zero-order chi connectivity index (χ0) is 20.0. The first-order valence-electron chi connectivity index (χ1n) is 8.18. The number of hydrogen-bond acceptors (Lipinski definition) is 5. The molecular weight excluding hydrogens is 368 g/mol. The highest BCUT2D eigenvalue weighted by Crippen LogP contribution is 2.14. The Morgan fingerprint density at radius 1 is 0.963 bits per heavy atom. The van der Waals surface area contributed by atoms with Crippen LogP contribution in [-0.4, -0.2) is 28.3 Å². The number of nitrogens with zero attached hydrogens (tertiary/aromatic N) is 1. The Morgan fingerprint density at radius 3 is 2.11 bits per heavy atom. The molecule has 0 heterocycles. The van der Waals surface area contributed by atoms with Gasteiger partial charge in [-0.05, 0) is 45.0 Å². The monoisotopic (exact) mass is 387 g/mol. The molecule has 0 aromatic heterocycles. The summed E-state index contributed by atoms with van der Waals surface area (Å²) < 4.78 is 4.94. The molecule has 0 bridgehead atoms. The molecule has 7 heteroatoms. The van der Waals surface area contributed by atoms with E-state index in [4.69, 9.17) is 16.3 Å². The molecule has 27 heavy (non-hydrogen) atoms. The normalized spacial score (nSPS) is 11.0. The first-order valence-corrected chi connectivity index (χ1v) is 8.56. The lowest BCUT2D eigenvalue weighted by Gasteiger charge is -2.29. The zero-order valence-corrected chi connectivity index (χ0v) is 16.0. The second kappa shape index (κ2) is 8.79. The van der Waals surface area contributed by atoms with Crippen molar-refractivity contribution in [1.29, 1.82) is 0 Å². The zero-order valence-electron chi connectivity index (χ0n) is 15.2. The van der Waals surface area contributed by atoms with Crippen molar-refractivity contribution >= 4 is 29.4 Å². The summed E-state index contributed by atoms with van der Waals surface area (Å²) in [6.07, 6.45) is -1.02. The molecule has 0 saturated heterocycles. The lowest BCUT2D eigenvalue weighted by molar-refractivity contribution is 0.0502. The molecule has 1 radical (unpaired) electrons. The number of imide groups is 1. The first kappa shape index (κ1) is 20.6. The fraction of sp³-hybridized carbons (Fsp3) is 0.200. The van der Waals surface area contributed by atoms with Crippen molar-refractivity contribution in [3.8, 4) is 0 Å². The van der Waals surface area contributed by atoms with E-state index >= 15 is 0 Å². The molecule has 0 aliphatic carbocycles. The summed E-state index contributed by atoms with van der Waals surface area (Å²) in [6, 6.07) is 14.4. The van der Waals surface area contributed by atoms with Crippen LogP contribution < -0.4 is 5.43 Å².